The van der Waals surface area contributed by atoms with Crippen molar-refractivity contribution < 1.29 is 4.79 Å². The van der Waals surface area contributed by atoms with E-state index in [-0.39, 0.29) is 0 Å². The van der Waals surface area contributed by atoms with Crippen LogP contribution in [0, 0.1) is 0 Å². The van der Waals surface area contributed by atoms with Gasteiger partial charge in [-0.15, -0.1) is 0 Å². The molecule has 2 aromatic carbocycles. The smallest absolute Gasteiger partial charge is 0.168 e. The quantitative estimate of drug-likeness (QED) is 0.532. The van der Waals surface area contributed by atoms with Crippen LogP contribution in [0.4, 0.5) is 0 Å². The topological polar surface area (TPSA) is 34.9 Å². The number of carbonyl (C=O) groups is 1. The van der Waals surface area contributed by atoms with Gasteiger partial charge in [0, 0.05) is 22.8 Å². The number of fused-ring (bicyclic) bond motifs is 3. The Hall–Kier alpha value is -2.94. The highest BCUT2D eigenvalue weighted by Crippen LogP contribution is 2.29. The van der Waals surface area contributed by atoms with E-state index < -0.39 is 0 Å². The minimum absolute atomic E-state index is 0.468. The standard InChI is InChI=1S/C19H14N2O/c22-13-15-10-17-16-8-4-5-9-18(16)21(19(17)11-20-15)12-14-6-2-1-3-7-14/h1-11,13H,12H2. The third-order valence-corrected chi connectivity index (χ3v) is 3.98. The summed E-state index contributed by atoms with van der Waals surface area (Å²) in [6.07, 6.45) is 2.59. The Bertz CT molecular complexity index is 971. The van der Waals surface area contributed by atoms with Crippen molar-refractivity contribution in [3.63, 3.8) is 0 Å². The Balaban J connectivity index is 2.00. The molecule has 2 heterocycles. The maximum Gasteiger partial charge on any atom is 0.168 e. The second-order valence-corrected chi connectivity index (χ2v) is 5.33. The van der Waals surface area contributed by atoms with Crippen LogP contribution in [0.25, 0.3) is 21.8 Å². The average Bonchev–Trinajstić information content (AvgIpc) is 2.89. The van der Waals surface area contributed by atoms with Crippen molar-refractivity contribution in [2.75, 3.05) is 0 Å². The molecule has 3 nitrogen and oxygen atoms in total. The number of nitrogens with zero attached hydrogens (tertiary/aromatic N) is 2. The lowest BCUT2D eigenvalue weighted by Gasteiger charge is -2.07. The van der Waals surface area contributed by atoms with Gasteiger partial charge in [0.1, 0.15) is 5.69 Å². The molecule has 0 N–H and O–H groups in total. The Labute approximate surface area is 127 Å². The molecule has 0 unspecified atom stereocenters. The van der Waals surface area contributed by atoms with E-state index >= 15 is 0 Å². The van der Waals surface area contributed by atoms with Crippen molar-refractivity contribution in [2.45, 2.75) is 6.54 Å². The van der Waals surface area contributed by atoms with Crippen LogP contribution in [0.2, 0.25) is 0 Å². The Morgan fingerprint density at radius 3 is 2.50 bits per heavy atom. The second kappa shape index (κ2) is 5.11. The molecule has 0 radical (unpaired) electrons. The molecule has 2 aromatic heterocycles. The van der Waals surface area contributed by atoms with E-state index in [1.54, 1.807) is 6.20 Å². The van der Waals surface area contributed by atoms with Crippen molar-refractivity contribution >= 4 is 28.1 Å². The van der Waals surface area contributed by atoms with Gasteiger partial charge in [-0.25, -0.2) is 0 Å². The van der Waals surface area contributed by atoms with Gasteiger partial charge in [0.25, 0.3) is 0 Å². The monoisotopic (exact) mass is 286 g/mol. The zero-order valence-electron chi connectivity index (χ0n) is 11.9. The summed E-state index contributed by atoms with van der Waals surface area (Å²) >= 11 is 0. The summed E-state index contributed by atoms with van der Waals surface area (Å²) in [5.74, 6) is 0. The fourth-order valence-electron chi connectivity index (χ4n) is 2.96. The second-order valence-electron chi connectivity index (χ2n) is 5.33. The lowest BCUT2D eigenvalue weighted by Crippen LogP contribution is -1.99. The number of hydrogen-bond donors (Lipinski definition) is 0. The largest absolute Gasteiger partial charge is 0.335 e. The van der Waals surface area contributed by atoms with Crippen molar-refractivity contribution in [3.8, 4) is 0 Å². The van der Waals surface area contributed by atoms with Crippen LogP contribution in [0.5, 0.6) is 0 Å². The Morgan fingerprint density at radius 1 is 0.909 bits per heavy atom. The van der Waals surface area contributed by atoms with Crippen molar-refractivity contribution in [2.24, 2.45) is 0 Å². The first-order valence-electron chi connectivity index (χ1n) is 7.23. The van der Waals surface area contributed by atoms with E-state index in [9.17, 15) is 4.79 Å². The Morgan fingerprint density at radius 2 is 1.68 bits per heavy atom. The summed E-state index contributed by atoms with van der Waals surface area (Å²) in [5.41, 5.74) is 3.92. The minimum Gasteiger partial charge on any atom is -0.335 e. The average molecular weight is 286 g/mol. The fraction of sp³-hybridized carbons (Fsp3) is 0.0526. The molecule has 0 fully saturated rings. The van der Waals surface area contributed by atoms with Gasteiger partial charge < -0.3 is 4.57 Å². The van der Waals surface area contributed by atoms with Gasteiger partial charge >= 0.3 is 0 Å². The van der Waals surface area contributed by atoms with Crippen LogP contribution in [0.3, 0.4) is 0 Å². The highest BCUT2D eigenvalue weighted by Gasteiger charge is 2.11. The van der Waals surface area contributed by atoms with Crippen molar-refractivity contribution in [1.29, 1.82) is 0 Å². The molecule has 0 spiro atoms. The van der Waals surface area contributed by atoms with Crippen LogP contribution in [0.15, 0.2) is 66.9 Å². The number of rotatable bonds is 3. The van der Waals surface area contributed by atoms with Crippen molar-refractivity contribution in [1.82, 2.24) is 9.55 Å². The van der Waals surface area contributed by atoms with Crippen LogP contribution < -0.4 is 0 Å². The minimum atomic E-state index is 0.468. The van der Waals surface area contributed by atoms with Gasteiger partial charge in [0.05, 0.1) is 11.7 Å². The molecule has 4 aromatic rings. The number of carbonyl (C=O) groups excluding carboxylic acids is 1. The lowest BCUT2D eigenvalue weighted by molar-refractivity contribution is 0.111. The number of para-hydroxylation sites is 1. The maximum atomic E-state index is 11.0. The van der Waals surface area contributed by atoms with E-state index in [2.05, 4.69) is 33.8 Å². The van der Waals surface area contributed by atoms with E-state index in [0.29, 0.717) is 5.69 Å². The first-order valence-corrected chi connectivity index (χ1v) is 7.23. The molecule has 0 saturated carbocycles. The number of hydrogen-bond acceptors (Lipinski definition) is 2. The molecular weight excluding hydrogens is 272 g/mol. The number of aromatic nitrogens is 2. The lowest BCUT2D eigenvalue weighted by atomic mass is 10.2. The van der Waals surface area contributed by atoms with Gasteiger partial charge in [0.2, 0.25) is 0 Å². The SMILES string of the molecule is O=Cc1cc2c3ccccc3n(Cc3ccccc3)c2cn1. The van der Waals surface area contributed by atoms with Gasteiger partial charge in [-0.1, -0.05) is 48.5 Å². The molecule has 0 saturated heterocycles. The van der Waals surface area contributed by atoms with Gasteiger partial charge in [-0.3, -0.25) is 9.78 Å². The highest BCUT2D eigenvalue weighted by molar-refractivity contribution is 6.08. The maximum absolute atomic E-state index is 11.0. The molecular formula is C19H14N2O. The summed E-state index contributed by atoms with van der Waals surface area (Å²) in [7, 11) is 0. The van der Waals surface area contributed by atoms with E-state index in [0.717, 1.165) is 34.6 Å². The normalized spacial score (nSPS) is 11.1. The van der Waals surface area contributed by atoms with Gasteiger partial charge in [0.15, 0.2) is 6.29 Å². The predicted octanol–water partition coefficient (Wildman–Crippen LogP) is 4.05. The van der Waals surface area contributed by atoms with E-state index in [1.165, 1.54) is 5.56 Å². The third-order valence-electron chi connectivity index (χ3n) is 3.98. The molecule has 0 aliphatic heterocycles. The summed E-state index contributed by atoms with van der Waals surface area (Å²) < 4.78 is 2.25. The number of benzene rings is 2. The van der Waals surface area contributed by atoms with Crippen LogP contribution in [-0.2, 0) is 6.54 Å². The third kappa shape index (κ3) is 1.99. The summed E-state index contributed by atoms with van der Waals surface area (Å²) in [4.78, 5) is 15.2. The molecule has 0 aliphatic rings. The van der Waals surface area contributed by atoms with Crippen LogP contribution >= 0.6 is 0 Å². The molecule has 22 heavy (non-hydrogen) atoms. The van der Waals surface area contributed by atoms with Gasteiger partial charge in [-0.2, -0.15) is 0 Å². The number of aldehydes is 1. The molecule has 0 aliphatic carbocycles. The summed E-state index contributed by atoms with van der Waals surface area (Å²) in [6, 6.07) is 20.5. The fourth-order valence-corrected chi connectivity index (χ4v) is 2.96. The van der Waals surface area contributed by atoms with Gasteiger partial charge in [-0.05, 0) is 17.7 Å². The predicted molar refractivity (Wildman–Crippen MR) is 88.2 cm³/mol. The van der Waals surface area contributed by atoms with E-state index in [1.807, 2.05) is 36.4 Å². The molecule has 106 valence electrons. The summed E-state index contributed by atoms with van der Waals surface area (Å²) in [6.45, 7) is 0.785. The Kier molecular flexibility index (Phi) is 2.97. The first-order chi connectivity index (χ1) is 10.9. The van der Waals surface area contributed by atoms with Crippen LogP contribution in [0.1, 0.15) is 16.1 Å². The molecule has 0 bridgehead atoms. The zero-order chi connectivity index (χ0) is 14.9. The summed E-state index contributed by atoms with van der Waals surface area (Å²) in [5, 5.41) is 2.22. The van der Waals surface area contributed by atoms with Crippen molar-refractivity contribution in [3.05, 3.63) is 78.1 Å². The van der Waals surface area contributed by atoms with E-state index in [4.69, 9.17) is 0 Å². The molecule has 4 rings (SSSR count). The first kappa shape index (κ1) is 12.8. The molecule has 0 atom stereocenters. The number of pyridine rings is 1. The van der Waals surface area contributed by atoms with Crippen LogP contribution in [-0.4, -0.2) is 15.8 Å². The highest BCUT2D eigenvalue weighted by atomic mass is 16.1. The molecule has 3 heteroatoms. The molecule has 0 amide bonds. The zero-order valence-corrected chi connectivity index (χ0v) is 11.9.